The molecule has 0 radical (unpaired) electrons. The average Bonchev–Trinajstić information content (AvgIpc) is 2.58. The van der Waals surface area contributed by atoms with Crippen molar-refractivity contribution >= 4 is 11.9 Å². The molecule has 1 unspecified atom stereocenters. The van der Waals surface area contributed by atoms with Gasteiger partial charge < -0.3 is 9.47 Å². The van der Waals surface area contributed by atoms with Crippen molar-refractivity contribution in [2.24, 2.45) is 5.92 Å². The zero-order valence-corrected chi connectivity index (χ0v) is 15.4. The summed E-state index contributed by atoms with van der Waals surface area (Å²) >= 11 is 0. The topological polar surface area (TPSA) is 52.6 Å². The number of esters is 2. The number of ether oxygens (including phenoxy) is 2. The van der Waals surface area contributed by atoms with E-state index >= 15 is 0 Å². The van der Waals surface area contributed by atoms with Gasteiger partial charge in [0.15, 0.2) is 0 Å². The predicted octanol–water partition coefficient (Wildman–Crippen LogP) is 5.04. The highest BCUT2D eigenvalue weighted by molar-refractivity contribution is 5.72. The van der Waals surface area contributed by atoms with Gasteiger partial charge in [-0.15, -0.1) is 0 Å². The zero-order chi connectivity index (χ0) is 17.3. The van der Waals surface area contributed by atoms with Crippen molar-refractivity contribution in [3.05, 3.63) is 0 Å². The third-order valence-corrected chi connectivity index (χ3v) is 4.44. The molecule has 0 bridgehead atoms. The molecule has 0 N–H and O–H groups in total. The molecule has 4 heteroatoms. The summed E-state index contributed by atoms with van der Waals surface area (Å²) in [6.07, 6.45) is 14.4. The predicted molar refractivity (Wildman–Crippen MR) is 93.2 cm³/mol. The number of unbranched alkanes of at least 4 members (excludes halogenated alkanes) is 9. The number of hydrogen-bond donors (Lipinski definition) is 0. The Morgan fingerprint density at radius 3 is 1.65 bits per heavy atom. The summed E-state index contributed by atoms with van der Waals surface area (Å²) in [4.78, 5) is 22.4. The maximum Gasteiger partial charge on any atom is 0.308 e. The van der Waals surface area contributed by atoms with Crippen LogP contribution in [0.1, 0.15) is 90.4 Å². The molecule has 0 saturated carbocycles. The van der Waals surface area contributed by atoms with Crippen LogP contribution in [0.2, 0.25) is 0 Å². The molecule has 0 amide bonds. The van der Waals surface area contributed by atoms with Crippen LogP contribution in [0.3, 0.4) is 0 Å². The molecule has 0 rings (SSSR count). The van der Waals surface area contributed by atoms with E-state index in [1.165, 1.54) is 59.2 Å². The van der Waals surface area contributed by atoms with Crippen LogP contribution in [0.5, 0.6) is 0 Å². The lowest BCUT2D eigenvalue weighted by atomic mass is 9.98. The molecule has 136 valence electrons. The lowest BCUT2D eigenvalue weighted by Crippen LogP contribution is -2.15. The number of rotatable bonds is 15. The van der Waals surface area contributed by atoms with E-state index in [-0.39, 0.29) is 17.9 Å². The van der Waals surface area contributed by atoms with Crippen molar-refractivity contribution in [1.29, 1.82) is 0 Å². The second kappa shape index (κ2) is 15.8. The lowest BCUT2D eigenvalue weighted by Gasteiger charge is -2.11. The Morgan fingerprint density at radius 1 is 0.739 bits per heavy atom. The van der Waals surface area contributed by atoms with Gasteiger partial charge in [0, 0.05) is 6.42 Å². The summed E-state index contributed by atoms with van der Waals surface area (Å²) in [5.41, 5.74) is 0. The van der Waals surface area contributed by atoms with Crippen LogP contribution in [0.25, 0.3) is 0 Å². The molecule has 0 aromatic heterocycles. The second-order valence-electron chi connectivity index (χ2n) is 6.28. The molecule has 0 spiro atoms. The zero-order valence-electron chi connectivity index (χ0n) is 15.4. The minimum atomic E-state index is -0.0949. The Hall–Kier alpha value is -1.06. The summed E-state index contributed by atoms with van der Waals surface area (Å²) in [6.45, 7) is 2.05. The number of methoxy groups -OCH3 is 2. The van der Waals surface area contributed by atoms with Crippen LogP contribution in [-0.2, 0) is 19.1 Å². The minimum absolute atomic E-state index is 0.0558. The van der Waals surface area contributed by atoms with Crippen molar-refractivity contribution in [1.82, 2.24) is 0 Å². The van der Waals surface area contributed by atoms with Crippen molar-refractivity contribution in [2.75, 3.05) is 14.2 Å². The number of carbonyl (C=O) groups excluding carboxylic acids is 2. The van der Waals surface area contributed by atoms with Crippen LogP contribution in [0, 0.1) is 5.92 Å². The lowest BCUT2D eigenvalue weighted by molar-refractivity contribution is -0.146. The fourth-order valence-corrected chi connectivity index (χ4v) is 2.83. The SMILES string of the molecule is CCC(CCCCCCCCCCCCC(=O)OC)C(=O)OC. The van der Waals surface area contributed by atoms with E-state index in [9.17, 15) is 9.59 Å². The fourth-order valence-electron chi connectivity index (χ4n) is 2.83. The fraction of sp³-hybridized carbons (Fsp3) is 0.895. The van der Waals surface area contributed by atoms with Crippen LogP contribution < -0.4 is 0 Å². The molecule has 0 aromatic carbocycles. The second-order valence-corrected chi connectivity index (χ2v) is 6.28. The van der Waals surface area contributed by atoms with Crippen molar-refractivity contribution in [3.63, 3.8) is 0 Å². The molecule has 1 atom stereocenters. The first-order valence-corrected chi connectivity index (χ1v) is 9.30. The summed E-state index contributed by atoms with van der Waals surface area (Å²) < 4.78 is 9.43. The maximum atomic E-state index is 11.5. The Kier molecular flexibility index (Phi) is 15.1. The minimum Gasteiger partial charge on any atom is -0.469 e. The van der Waals surface area contributed by atoms with Gasteiger partial charge in [-0.1, -0.05) is 64.7 Å². The van der Waals surface area contributed by atoms with Crippen LogP contribution in [-0.4, -0.2) is 26.2 Å². The van der Waals surface area contributed by atoms with Crippen LogP contribution in [0.15, 0.2) is 0 Å². The Bertz CT molecular complexity index is 302. The smallest absolute Gasteiger partial charge is 0.308 e. The average molecular weight is 328 g/mol. The van der Waals surface area contributed by atoms with Gasteiger partial charge in [-0.05, 0) is 19.3 Å². The first-order chi connectivity index (χ1) is 11.2. The highest BCUT2D eigenvalue weighted by atomic mass is 16.5. The van der Waals surface area contributed by atoms with Gasteiger partial charge in [-0.3, -0.25) is 9.59 Å². The van der Waals surface area contributed by atoms with E-state index in [1.807, 2.05) is 6.92 Å². The molecular weight excluding hydrogens is 292 g/mol. The summed E-state index contributed by atoms with van der Waals surface area (Å²) in [5.74, 6) is -0.0628. The third kappa shape index (κ3) is 13.1. The Morgan fingerprint density at radius 2 is 1.22 bits per heavy atom. The van der Waals surface area contributed by atoms with Gasteiger partial charge in [0.1, 0.15) is 0 Å². The van der Waals surface area contributed by atoms with E-state index < -0.39 is 0 Å². The number of hydrogen-bond acceptors (Lipinski definition) is 4. The standard InChI is InChI=1S/C19H36O4/c1-4-17(19(21)23-3)15-13-11-9-7-5-6-8-10-12-14-16-18(20)22-2/h17H,4-16H2,1-3H3. The molecule has 23 heavy (non-hydrogen) atoms. The van der Waals surface area contributed by atoms with Gasteiger partial charge in [0.05, 0.1) is 20.1 Å². The summed E-state index contributed by atoms with van der Waals surface area (Å²) in [5, 5.41) is 0. The van der Waals surface area contributed by atoms with Gasteiger partial charge in [-0.2, -0.15) is 0 Å². The highest BCUT2D eigenvalue weighted by Crippen LogP contribution is 2.17. The monoisotopic (exact) mass is 328 g/mol. The van der Waals surface area contributed by atoms with E-state index in [0.717, 1.165) is 32.1 Å². The molecule has 0 fully saturated rings. The van der Waals surface area contributed by atoms with Crippen molar-refractivity contribution in [2.45, 2.75) is 90.4 Å². The number of carbonyl (C=O) groups is 2. The quantitative estimate of drug-likeness (QED) is 0.312. The molecular formula is C19H36O4. The molecule has 0 saturated heterocycles. The normalized spacial score (nSPS) is 12.0. The summed E-state index contributed by atoms with van der Waals surface area (Å²) in [7, 11) is 2.92. The highest BCUT2D eigenvalue weighted by Gasteiger charge is 2.15. The molecule has 0 aromatic rings. The molecule has 4 nitrogen and oxygen atoms in total. The largest absolute Gasteiger partial charge is 0.469 e. The van der Waals surface area contributed by atoms with Crippen LogP contribution >= 0.6 is 0 Å². The molecule has 0 aliphatic rings. The maximum absolute atomic E-state index is 11.5. The van der Waals surface area contributed by atoms with Crippen LogP contribution in [0.4, 0.5) is 0 Å². The third-order valence-electron chi connectivity index (χ3n) is 4.44. The van der Waals surface area contributed by atoms with Gasteiger partial charge in [0.25, 0.3) is 0 Å². The van der Waals surface area contributed by atoms with E-state index in [1.54, 1.807) is 0 Å². The van der Waals surface area contributed by atoms with Gasteiger partial charge in [-0.25, -0.2) is 0 Å². The van der Waals surface area contributed by atoms with E-state index in [4.69, 9.17) is 4.74 Å². The molecule has 0 aliphatic carbocycles. The Balaban J connectivity index is 3.27. The van der Waals surface area contributed by atoms with E-state index in [2.05, 4.69) is 4.74 Å². The first kappa shape index (κ1) is 21.9. The van der Waals surface area contributed by atoms with Crippen molar-refractivity contribution in [3.8, 4) is 0 Å². The summed E-state index contributed by atoms with van der Waals surface area (Å²) in [6, 6.07) is 0. The van der Waals surface area contributed by atoms with Gasteiger partial charge in [0.2, 0.25) is 0 Å². The Labute approximate surface area is 142 Å². The first-order valence-electron chi connectivity index (χ1n) is 9.30. The molecule has 0 aliphatic heterocycles. The van der Waals surface area contributed by atoms with Gasteiger partial charge >= 0.3 is 11.9 Å². The van der Waals surface area contributed by atoms with E-state index in [0.29, 0.717) is 6.42 Å². The molecule has 0 heterocycles. The van der Waals surface area contributed by atoms with Crippen molar-refractivity contribution < 1.29 is 19.1 Å².